The summed E-state index contributed by atoms with van der Waals surface area (Å²) >= 11 is 0. The minimum atomic E-state index is -1.44. The summed E-state index contributed by atoms with van der Waals surface area (Å²) in [7, 11) is 0. The Labute approximate surface area is 78.5 Å². The molecule has 0 aliphatic rings. The van der Waals surface area contributed by atoms with Gasteiger partial charge in [-0.05, 0) is 13.0 Å². The molecule has 0 spiro atoms. The zero-order valence-electron chi connectivity index (χ0n) is 7.18. The number of hydrogen-bond donors (Lipinski definition) is 3. The molecule has 0 aliphatic heterocycles. The van der Waals surface area contributed by atoms with Crippen molar-refractivity contribution in [3.8, 4) is 5.75 Å². The van der Waals surface area contributed by atoms with E-state index < -0.39 is 23.2 Å². The van der Waals surface area contributed by atoms with E-state index in [9.17, 15) is 9.59 Å². The van der Waals surface area contributed by atoms with Crippen molar-refractivity contribution in [3.05, 3.63) is 23.0 Å². The molecule has 1 heterocycles. The molecule has 74 valence electrons. The second-order valence-corrected chi connectivity index (χ2v) is 2.60. The predicted molar refractivity (Wildman–Crippen MR) is 44.6 cm³/mol. The molecule has 0 saturated carbocycles. The van der Waals surface area contributed by atoms with Crippen LogP contribution in [0, 0.1) is 6.92 Å². The van der Waals surface area contributed by atoms with E-state index in [1.807, 2.05) is 0 Å². The molecule has 14 heavy (non-hydrogen) atoms. The molecule has 0 aromatic carbocycles. The van der Waals surface area contributed by atoms with Gasteiger partial charge in [-0.25, -0.2) is 14.6 Å². The normalized spacial score (nSPS) is 9.79. The fraction of sp³-hybridized carbons (Fsp3) is 0.125. The number of aryl methyl sites for hydroxylation is 1. The maximum absolute atomic E-state index is 10.6. The van der Waals surface area contributed by atoms with Crippen molar-refractivity contribution in [3.63, 3.8) is 0 Å². The van der Waals surface area contributed by atoms with Crippen LogP contribution in [0.2, 0.25) is 0 Å². The Morgan fingerprint density at radius 1 is 1.29 bits per heavy atom. The van der Waals surface area contributed by atoms with E-state index in [2.05, 4.69) is 4.98 Å². The van der Waals surface area contributed by atoms with Gasteiger partial charge in [0.15, 0.2) is 5.69 Å². The van der Waals surface area contributed by atoms with E-state index in [1.165, 1.54) is 6.92 Å². The third-order valence-electron chi connectivity index (χ3n) is 1.62. The van der Waals surface area contributed by atoms with Crippen LogP contribution < -0.4 is 0 Å². The molecule has 6 heteroatoms. The van der Waals surface area contributed by atoms with Crippen molar-refractivity contribution >= 4 is 11.9 Å². The Morgan fingerprint density at radius 3 is 2.29 bits per heavy atom. The summed E-state index contributed by atoms with van der Waals surface area (Å²) in [6.07, 6.45) is 0. The molecule has 0 unspecified atom stereocenters. The van der Waals surface area contributed by atoms with Crippen LogP contribution in [0.25, 0.3) is 0 Å². The summed E-state index contributed by atoms with van der Waals surface area (Å²) in [6.45, 7) is 1.38. The van der Waals surface area contributed by atoms with E-state index in [4.69, 9.17) is 15.3 Å². The van der Waals surface area contributed by atoms with Crippen molar-refractivity contribution in [2.24, 2.45) is 0 Å². The molecule has 1 aromatic rings. The van der Waals surface area contributed by atoms with E-state index in [0.29, 0.717) is 0 Å². The third kappa shape index (κ3) is 1.63. The van der Waals surface area contributed by atoms with Gasteiger partial charge in [-0.3, -0.25) is 0 Å². The number of carboxylic acids is 2. The lowest BCUT2D eigenvalue weighted by molar-refractivity contribution is 0.0645. The lowest BCUT2D eigenvalue weighted by atomic mass is 10.1. The fourth-order valence-corrected chi connectivity index (χ4v) is 0.921. The summed E-state index contributed by atoms with van der Waals surface area (Å²) < 4.78 is 0. The van der Waals surface area contributed by atoms with Crippen LogP contribution in [-0.2, 0) is 0 Å². The van der Waals surface area contributed by atoms with Gasteiger partial charge in [0.1, 0.15) is 5.75 Å². The Hall–Kier alpha value is -2.11. The van der Waals surface area contributed by atoms with Crippen molar-refractivity contribution < 1.29 is 24.9 Å². The maximum Gasteiger partial charge on any atom is 0.355 e. The van der Waals surface area contributed by atoms with Gasteiger partial charge in [0, 0.05) is 0 Å². The van der Waals surface area contributed by atoms with Gasteiger partial charge in [-0.2, -0.15) is 0 Å². The highest BCUT2D eigenvalue weighted by molar-refractivity contribution is 6.00. The van der Waals surface area contributed by atoms with Gasteiger partial charge in [-0.15, -0.1) is 0 Å². The van der Waals surface area contributed by atoms with Crippen molar-refractivity contribution in [1.29, 1.82) is 0 Å². The number of aromatic carboxylic acids is 2. The van der Waals surface area contributed by atoms with Crippen molar-refractivity contribution in [2.75, 3.05) is 0 Å². The number of carbonyl (C=O) groups is 2. The van der Waals surface area contributed by atoms with E-state index >= 15 is 0 Å². The molecule has 1 rings (SSSR count). The van der Waals surface area contributed by atoms with Gasteiger partial charge in [0.2, 0.25) is 0 Å². The SMILES string of the molecule is Cc1nc(C(=O)O)c(C(=O)O)cc1O. The minimum absolute atomic E-state index is 0.0763. The first-order valence-electron chi connectivity index (χ1n) is 3.60. The third-order valence-corrected chi connectivity index (χ3v) is 1.62. The average Bonchev–Trinajstić information content (AvgIpc) is 2.08. The van der Waals surface area contributed by atoms with Crippen LogP contribution in [0.1, 0.15) is 26.5 Å². The topological polar surface area (TPSA) is 108 Å². The van der Waals surface area contributed by atoms with Gasteiger partial charge in [0.25, 0.3) is 0 Å². The molecule has 0 saturated heterocycles. The first-order valence-corrected chi connectivity index (χ1v) is 3.60. The smallest absolute Gasteiger partial charge is 0.355 e. The molecule has 0 amide bonds. The van der Waals surface area contributed by atoms with Crippen molar-refractivity contribution in [1.82, 2.24) is 4.98 Å². The first kappa shape index (κ1) is 9.97. The number of pyridine rings is 1. The number of rotatable bonds is 2. The lowest BCUT2D eigenvalue weighted by Crippen LogP contribution is -2.11. The van der Waals surface area contributed by atoms with Gasteiger partial charge in [-0.1, -0.05) is 0 Å². The van der Waals surface area contributed by atoms with Crippen LogP contribution in [-0.4, -0.2) is 32.2 Å². The Kier molecular flexibility index (Phi) is 2.37. The highest BCUT2D eigenvalue weighted by Gasteiger charge is 2.19. The van der Waals surface area contributed by atoms with Crippen molar-refractivity contribution in [2.45, 2.75) is 6.92 Å². The zero-order valence-corrected chi connectivity index (χ0v) is 7.18. The summed E-state index contributed by atoms with van der Waals surface area (Å²) in [5, 5.41) is 26.4. The Balaban J connectivity index is 3.46. The van der Waals surface area contributed by atoms with E-state index in [1.54, 1.807) is 0 Å². The van der Waals surface area contributed by atoms with Crippen LogP contribution in [0.15, 0.2) is 6.07 Å². The van der Waals surface area contributed by atoms with E-state index in [0.717, 1.165) is 6.07 Å². The average molecular weight is 197 g/mol. The van der Waals surface area contributed by atoms with Crippen LogP contribution >= 0.6 is 0 Å². The number of aromatic hydroxyl groups is 1. The minimum Gasteiger partial charge on any atom is -0.506 e. The highest BCUT2D eigenvalue weighted by Crippen LogP contribution is 2.18. The lowest BCUT2D eigenvalue weighted by Gasteiger charge is -2.03. The van der Waals surface area contributed by atoms with Crippen LogP contribution in [0.4, 0.5) is 0 Å². The zero-order chi connectivity index (χ0) is 10.9. The van der Waals surface area contributed by atoms with Gasteiger partial charge >= 0.3 is 11.9 Å². The fourth-order valence-electron chi connectivity index (χ4n) is 0.921. The number of hydrogen-bond acceptors (Lipinski definition) is 4. The summed E-state index contributed by atoms with van der Waals surface area (Å²) in [6, 6.07) is 0.869. The summed E-state index contributed by atoms with van der Waals surface area (Å²) in [5.41, 5.74) is -1.03. The number of nitrogens with zero attached hydrogens (tertiary/aromatic N) is 1. The molecular weight excluding hydrogens is 190 g/mol. The quantitative estimate of drug-likeness (QED) is 0.636. The predicted octanol–water partition coefficient (Wildman–Crippen LogP) is 0.492. The monoisotopic (exact) mass is 197 g/mol. The van der Waals surface area contributed by atoms with Crippen LogP contribution in [0.5, 0.6) is 5.75 Å². The Bertz CT molecular complexity index is 373. The summed E-state index contributed by atoms with van der Waals surface area (Å²) in [5.74, 6) is -3.22. The molecular formula is C8H7NO5. The highest BCUT2D eigenvalue weighted by atomic mass is 16.4. The molecule has 0 radical (unpaired) electrons. The molecule has 0 fully saturated rings. The second-order valence-electron chi connectivity index (χ2n) is 2.60. The maximum atomic E-state index is 10.6. The first-order chi connectivity index (χ1) is 6.43. The van der Waals surface area contributed by atoms with E-state index in [-0.39, 0.29) is 11.4 Å². The molecule has 3 N–H and O–H groups in total. The van der Waals surface area contributed by atoms with Crippen LogP contribution in [0.3, 0.4) is 0 Å². The standard InChI is InChI=1S/C8H7NO5/c1-3-5(10)2-4(7(11)12)6(9-3)8(13)14/h2,10H,1H3,(H,11,12)(H,13,14). The van der Waals surface area contributed by atoms with Gasteiger partial charge < -0.3 is 15.3 Å². The second kappa shape index (κ2) is 3.33. The summed E-state index contributed by atoms with van der Waals surface area (Å²) in [4.78, 5) is 24.6. The number of aromatic nitrogens is 1. The molecule has 6 nitrogen and oxygen atoms in total. The Morgan fingerprint density at radius 2 is 1.86 bits per heavy atom. The molecule has 0 atom stereocenters. The number of carboxylic acid groups (broad SMARTS) is 2. The molecule has 1 aromatic heterocycles. The molecule has 0 aliphatic carbocycles. The molecule has 0 bridgehead atoms. The van der Waals surface area contributed by atoms with Gasteiger partial charge in [0.05, 0.1) is 11.3 Å². The largest absolute Gasteiger partial charge is 0.506 e.